The second kappa shape index (κ2) is 28.3. The summed E-state index contributed by atoms with van der Waals surface area (Å²) in [7, 11) is -2.24. The van der Waals surface area contributed by atoms with E-state index >= 15 is 0 Å². The van der Waals surface area contributed by atoms with Gasteiger partial charge in [0, 0.05) is 133 Å². The van der Waals surface area contributed by atoms with Crippen LogP contribution in [0.1, 0.15) is 121 Å². The van der Waals surface area contributed by atoms with Crippen LogP contribution >= 0.6 is 0 Å². The van der Waals surface area contributed by atoms with Crippen LogP contribution in [0.3, 0.4) is 0 Å². The molecule has 22 nitrogen and oxygen atoms in total. The van der Waals surface area contributed by atoms with Gasteiger partial charge in [-0.25, -0.2) is 29.5 Å². The molecule has 10 rings (SSSR count). The number of hydrogen-bond acceptors (Lipinski definition) is 16. The number of ketones is 1. The molecule has 2 amide bonds. The molecule has 3 aliphatic heterocycles. The van der Waals surface area contributed by atoms with Crippen LogP contribution in [0, 0.1) is 22.7 Å². The summed E-state index contributed by atoms with van der Waals surface area (Å²) in [6.07, 6.45) is 21.1. The molecule has 6 aromatic heterocycles. The van der Waals surface area contributed by atoms with Crippen LogP contribution in [0.15, 0.2) is 62.0 Å². The summed E-state index contributed by atoms with van der Waals surface area (Å²) in [5.41, 5.74) is 3.74. The van der Waals surface area contributed by atoms with Crippen molar-refractivity contribution < 1.29 is 33.3 Å². The SMILES string of the molecule is C.CC1CC(=O)CCN1C(=O)OC(C)(C)C.CC1CC(N2CC(CC#N)(n3cc(-c4ncnc5c4ccn5COCC[Si](C)(C)C)cn3)C2)CCN1C(=O)OC(C)(C)C.C[Si](C)(C)CCOCn1ccc2c(-c3cnn(C4(CC#N)CCC4)c3)ncnc21. The number of carbonyl (C=O) groups is 3. The summed E-state index contributed by atoms with van der Waals surface area (Å²) in [6, 6.07) is 11.5. The van der Waals surface area contributed by atoms with E-state index in [2.05, 4.69) is 88.3 Å². The second-order valence-electron chi connectivity index (χ2n) is 28.6. The monoisotopic (exact) mass is 1240 g/mol. The molecule has 0 N–H and O–H groups in total. The van der Waals surface area contributed by atoms with Gasteiger partial charge in [0.2, 0.25) is 0 Å². The fourth-order valence-electron chi connectivity index (χ4n) is 11.5. The number of fused-ring (bicyclic) bond motifs is 2. The van der Waals surface area contributed by atoms with Crippen LogP contribution in [0.2, 0.25) is 51.4 Å². The van der Waals surface area contributed by atoms with Crippen molar-refractivity contribution in [1.82, 2.24) is 63.3 Å². The van der Waals surface area contributed by atoms with Crippen LogP contribution in [-0.4, -0.2) is 166 Å². The average molecular weight is 1240 g/mol. The third kappa shape index (κ3) is 17.3. The smallest absolute Gasteiger partial charge is 0.410 e. The number of ether oxygens (including phenoxy) is 4. The molecule has 4 fully saturated rings. The highest BCUT2D eigenvalue weighted by atomic mass is 28.3. The number of nitrogens with zero attached hydrogens (tertiary/aromatic N) is 15. The molecule has 9 heterocycles. The molecule has 4 aliphatic rings. The van der Waals surface area contributed by atoms with E-state index in [-0.39, 0.29) is 48.6 Å². The Balaban J connectivity index is 0.000000211. The van der Waals surface area contributed by atoms with Crippen LogP contribution in [0.4, 0.5) is 9.59 Å². The lowest BCUT2D eigenvalue weighted by Crippen LogP contribution is -2.67. The van der Waals surface area contributed by atoms with Crippen LogP contribution in [0.5, 0.6) is 0 Å². The van der Waals surface area contributed by atoms with E-state index < -0.39 is 27.3 Å². The second-order valence-corrected chi connectivity index (χ2v) is 39.9. The first-order valence-electron chi connectivity index (χ1n) is 30.8. The average Bonchev–Trinajstić information content (AvgIpc) is 1.34. The zero-order valence-electron chi connectivity index (χ0n) is 54.0. The largest absolute Gasteiger partial charge is 0.444 e. The minimum Gasteiger partial charge on any atom is -0.444 e. The van der Waals surface area contributed by atoms with Gasteiger partial charge in [0.1, 0.15) is 59.9 Å². The molecule has 0 spiro atoms. The van der Waals surface area contributed by atoms with Crippen molar-refractivity contribution >= 4 is 56.2 Å². The van der Waals surface area contributed by atoms with Crippen LogP contribution < -0.4 is 0 Å². The van der Waals surface area contributed by atoms with E-state index in [4.69, 9.17) is 24.0 Å². The Hall–Kier alpha value is -6.84. The van der Waals surface area contributed by atoms with Gasteiger partial charge in [-0.2, -0.15) is 20.7 Å². The number of carbonyl (C=O) groups excluding carboxylic acids is 3. The molecule has 6 aromatic rings. The number of hydrogen-bond donors (Lipinski definition) is 0. The molecular formula is C64H97N15O7Si2. The molecule has 3 atom stereocenters. The minimum absolute atomic E-state index is 0. The predicted molar refractivity (Wildman–Crippen MR) is 346 cm³/mol. The summed E-state index contributed by atoms with van der Waals surface area (Å²) >= 11 is 0. The lowest BCUT2D eigenvalue weighted by molar-refractivity contribution is -0.122. The van der Waals surface area contributed by atoms with E-state index in [0.717, 1.165) is 115 Å². The minimum atomic E-state index is -1.15. The molecule has 478 valence electrons. The normalized spacial score (nSPS) is 19.4. The van der Waals surface area contributed by atoms with Gasteiger partial charge in [-0.15, -0.1) is 0 Å². The van der Waals surface area contributed by atoms with Crippen molar-refractivity contribution in [3.63, 3.8) is 0 Å². The van der Waals surface area contributed by atoms with Crippen LogP contribution in [0.25, 0.3) is 44.6 Å². The maximum atomic E-state index is 12.7. The zero-order chi connectivity index (χ0) is 63.1. The molecule has 1 saturated carbocycles. The molecule has 1 aliphatic carbocycles. The van der Waals surface area contributed by atoms with Gasteiger partial charge in [-0.1, -0.05) is 46.7 Å². The van der Waals surface area contributed by atoms with Gasteiger partial charge in [-0.3, -0.25) is 19.1 Å². The molecular weight excluding hydrogens is 1150 g/mol. The molecule has 0 bridgehead atoms. The van der Waals surface area contributed by atoms with E-state index in [0.29, 0.717) is 58.3 Å². The van der Waals surface area contributed by atoms with E-state index in [1.165, 1.54) is 0 Å². The van der Waals surface area contributed by atoms with Gasteiger partial charge in [0.15, 0.2) is 0 Å². The number of nitriles is 2. The fraction of sp³-hybridized carbons (Fsp3) is 0.641. The quantitative estimate of drug-likeness (QED) is 0.0609. The molecule has 0 aromatic carbocycles. The number of Topliss-reactive ketones (excluding diaryl/α,β-unsaturated/α-hetero) is 1. The lowest BCUT2D eigenvalue weighted by atomic mass is 9.75. The third-order valence-corrected chi connectivity index (χ3v) is 20.1. The Bertz CT molecular complexity index is 3410. The zero-order valence-corrected chi connectivity index (χ0v) is 56.0. The Morgan fingerprint density at radius 3 is 1.57 bits per heavy atom. The van der Waals surface area contributed by atoms with Gasteiger partial charge < -0.3 is 37.9 Å². The van der Waals surface area contributed by atoms with Gasteiger partial charge >= 0.3 is 12.2 Å². The summed E-state index contributed by atoms with van der Waals surface area (Å²) in [5.74, 6) is 0.224. The Labute approximate surface area is 522 Å². The Morgan fingerprint density at radius 2 is 1.15 bits per heavy atom. The fourth-order valence-corrected chi connectivity index (χ4v) is 13.0. The van der Waals surface area contributed by atoms with Crippen molar-refractivity contribution in [2.75, 3.05) is 39.4 Å². The maximum Gasteiger partial charge on any atom is 0.410 e. The number of rotatable bonds is 17. The number of aromatic nitrogens is 10. The van der Waals surface area contributed by atoms with Gasteiger partial charge in [0.25, 0.3) is 0 Å². The number of piperidine rings is 2. The predicted octanol–water partition coefficient (Wildman–Crippen LogP) is 12.3. The first kappa shape index (κ1) is 68.7. The van der Waals surface area contributed by atoms with Crippen molar-refractivity contribution in [2.24, 2.45) is 0 Å². The van der Waals surface area contributed by atoms with Crippen molar-refractivity contribution in [3.8, 4) is 34.7 Å². The summed E-state index contributed by atoms with van der Waals surface area (Å²) in [4.78, 5) is 59.6. The van der Waals surface area contributed by atoms with Crippen molar-refractivity contribution in [3.05, 3.63) is 62.0 Å². The summed E-state index contributed by atoms with van der Waals surface area (Å²) in [5, 5.41) is 30.2. The van der Waals surface area contributed by atoms with Gasteiger partial charge in [-0.05, 0) is 112 Å². The van der Waals surface area contributed by atoms with Gasteiger partial charge in [0.05, 0.1) is 54.3 Å². The number of likely N-dealkylation sites (tertiary alicyclic amines) is 3. The molecule has 3 unspecified atom stereocenters. The van der Waals surface area contributed by atoms with Crippen molar-refractivity contribution in [1.29, 1.82) is 10.5 Å². The first-order valence-corrected chi connectivity index (χ1v) is 38.3. The highest BCUT2D eigenvalue weighted by Gasteiger charge is 2.49. The standard InChI is InChI=1S/C31H46N8O3Si.C21H28N6OSi.C11H19NO3.CH4/c1-23-16-25(8-13-38(23)29(40)42-30(2,3)4)37-19-31(20-37,10-11-32)39-18-24(17-35-39)27-26-9-12-36(28(26)34-21-33-27)22-41-14-15-43(5,6)7;1-29(2,3)12-11-28-16-26-10-5-18-19(23-15-24-20(18)26)17-13-25-27(14-17)21(8-9-22)6-4-7-21;1-8-7-9(13)5-6-12(8)10(14)15-11(2,3)4;/h9,12,17-18,21,23,25H,8,10,13-16,19-20,22H2,1-7H3;5,10,13-15H,4,6-8,11-12,16H2,1-3H3;8H,5-7H2,1-4H3;1H4. The third-order valence-electron chi connectivity index (χ3n) is 16.7. The molecule has 0 radical (unpaired) electrons. The highest BCUT2D eigenvalue weighted by molar-refractivity contribution is 6.76. The molecule has 24 heteroatoms. The maximum absolute atomic E-state index is 12.7. The van der Waals surface area contributed by atoms with Crippen molar-refractivity contribution in [2.45, 2.75) is 226 Å². The number of amides is 2. The molecule has 88 heavy (non-hydrogen) atoms. The van der Waals surface area contributed by atoms with E-state index in [1.807, 2.05) is 121 Å². The lowest BCUT2D eigenvalue weighted by Gasteiger charge is -2.54. The van der Waals surface area contributed by atoms with E-state index in [1.54, 1.807) is 17.6 Å². The van der Waals surface area contributed by atoms with E-state index in [9.17, 15) is 24.9 Å². The first-order chi connectivity index (χ1) is 41.0. The summed E-state index contributed by atoms with van der Waals surface area (Å²) in [6.45, 7) is 34.4. The summed E-state index contributed by atoms with van der Waals surface area (Å²) < 4.78 is 30.7. The Kier molecular flexibility index (Phi) is 22.1. The highest BCUT2D eigenvalue weighted by Crippen LogP contribution is 2.43. The molecule has 3 saturated heterocycles. The Morgan fingerprint density at radius 1 is 0.682 bits per heavy atom. The van der Waals surface area contributed by atoms with Crippen LogP contribution in [-0.2, 0) is 48.3 Å². The topological polar surface area (TPSA) is 242 Å².